The van der Waals surface area contributed by atoms with Crippen LogP contribution in [0.1, 0.15) is 64.7 Å². The van der Waals surface area contributed by atoms with Crippen LogP contribution in [-0.2, 0) is 4.74 Å². The summed E-state index contributed by atoms with van der Waals surface area (Å²) in [6.07, 6.45) is 10.6. The van der Waals surface area contributed by atoms with Crippen LogP contribution in [0.5, 0.6) is 5.75 Å². The average Bonchev–Trinajstić information content (AvgIpc) is 2.63. The Morgan fingerprint density at radius 2 is 1.44 bits per heavy atom. The van der Waals surface area contributed by atoms with Gasteiger partial charge in [0.25, 0.3) is 0 Å². The minimum Gasteiger partial charge on any atom is -0.434 e. The number of unbranched alkanes of at least 4 members (excludes halogenated alkanes) is 8. The maximum Gasteiger partial charge on any atom is 0.513 e. The topological polar surface area (TPSA) is 35.5 Å². The first-order chi connectivity index (χ1) is 12.3. The molecule has 0 aliphatic carbocycles. The van der Waals surface area contributed by atoms with E-state index >= 15 is 0 Å². The highest BCUT2D eigenvalue weighted by Crippen LogP contribution is 2.25. The minimum absolute atomic E-state index is 0.430. The van der Waals surface area contributed by atoms with Crippen molar-refractivity contribution < 1.29 is 14.3 Å². The normalized spacial score (nSPS) is 10.8. The lowest BCUT2D eigenvalue weighted by atomic mass is 10.1. The van der Waals surface area contributed by atoms with Crippen molar-refractivity contribution in [3.8, 4) is 5.75 Å². The Balaban J connectivity index is 1.58. The third-order valence-electron chi connectivity index (χ3n) is 4.41. The third-order valence-corrected chi connectivity index (χ3v) is 4.41. The summed E-state index contributed by atoms with van der Waals surface area (Å²) in [5.41, 5.74) is 0. The lowest BCUT2D eigenvalue weighted by Crippen LogP contribution is -2.11. The zero-order valence-corrected chi connectivity index (χ0v) is 15.3. The van der Waals surface area contributed by atoms with Gasteiger partial charge in [-0.25, -0.2) is 4.79 Å². The number of hydrogen-bond donors (Lipinski definition) is 0. The molecule has 0 bridgehead atoms. The Labute approximate surface area is 151 Å². The number of rotatable bonds is 11. The molecule has 3 heteroatoms. The molecule has 2 rings (SSSR count). The third kappa shape index (κ3) is 7.16. The van der Waals surface area contributed by atoms with E-state index in [1.54, 1.807) is 6.07 Å². The molecule has 0 aliphatic heterocycles. The van der Waals surface area contributed by atoms with E-state index in [9.17, 15) is 4.79 Å². The number of carbonyl (C=O) groups excluding carboxylic acids is 1. The summed E-state index contributed by atoms with van der Waals surface area (Å²) in [7, 11) is 0. The summed E-state index contributed by atoms with van der Waals surface area (Å²) in [5.74, 6) is 0.551. The summed E-state index contributed by atoms with van der Waals surface area (Å²) in [6.45, 7) is 2.67. The van der Waals surface area contributed by atoms with Crippen LogP contribution in [0.4, 0.5) is 4.79 Å². The summed E-state index contributed by atoms with van der Waals surface area (Å²) in [5, 5.41) is 1.97. The van der Waals surface area contributed by atoms with Crippen LogP contribution in [0.25, 0.3) is 10.8 Å². The van der Waals surface area contributed by atoms with Gasteiger partial charge in [-0.3, -0.25) is 0 Å². The van der Waals surface area contributed by atoms with E-state index in [4.69, 9.17) is 9.47 Å². The number of carbonyl (C=O) groups is 1. The Kier molecular flexibility index (Phi) is 8.89. The predicted octanol–water partition coefficient (Wildman–Crippen LogP) is 6.89. The predicted molar refractivity (Wildman–Crippen MR) is 103 cm³/mol. The molecular formula is C22H30O3. The molecule has 2 aromatic rings. The first-order valence-corrected chi connectivity index (χ1v) is 9.63. The number of fused-ring (bicyclic) bond motifs is 1. The largest absolute Gasteiger partial charge is 0.513 e. The monoisotopic (exact) mass is 342 g/mol. The molecule has 0 saturated carbocycles. The fourth-order valence-corrected chi connectivity index (χ4v) is 2.97. The maximum absolute atomic E-state index is 11.8. The van der Waals surface area contributed by atoms with Gasteiger partial charge in [0, 0.05) is 5.39 Å². The minimum atomic E-state index is -0.615. The van der Waals surface area contributed by atoms with Gasteiger partial charge in [-0.15, -0.1) is 0 Å². The molecule has 0 atom stereocenters. The van der Waals surface area contributed by atoms with Crippen LogP contribution >= 0.6 is 0 Å². The van der Waals surface area contributed by atoms with E-state index in [-0.39, 0.29) is 0 Å². The van der Waals surface area contributed by atoms with Gasteiger partial charge >= 0.3 is 6.16 Å². The van der Waals surface area contributed by atoms with Gasteiger partial charge in [0.05, 0.1) is 6.61 Å². The van der Waals surface area contributed by atoms with Gasteiger partial charge in [-0.1, -0.05) is 94.7 Å². The molecule has 0 N–H and O–H groups in total. The summed E-state index contributed by atoms with van der Waals surface area (Å²) in [6, 6.07) is 13.5. The van der Waals surface area contributed by atoms with Gasteiger partial charge < -0.3 is 9.47 Å². The van der Waals surface area contributed by atoms with Gasteiger partial charge in [0.1, 0.15) is 5.75 Å². The zero-order valence-electron chi connectivity index (χ0n) is 15.3. The molecule has 0 spiro atoms. The number of ether oxygens (including phenoxy) is 2. The molecule has 0 aliphatic rings. The van der Waals surface area contributed by atoms with E-state index in [0.29, 0.717) is 12.4 Å². The van der Waals surface area contributed by atoms with Crippen molar-refractivity contribution in [3.05, 3.63) is 42.5 Å². The summed E-state index contributed by atoms with van der Waals surface area (Å²) < 4.78 is 10.5. The fourth-order valence-electron chi connectivity index (χ4n) is 2.97. The summed E-state index contributed by atoms with van der Waals surface area (Å²) in [4.78, 5) is 11.8. The van der Waals surface area contributed by atoms with Crippen molar-refractivity contribution in [1.82, 2.24) is 0 Å². The Morgan fingerprint density at radius 1 is 0.800 bits per heavy atom. The molecule has 2 aromatic carbocycles. The molecule has 0 saturated heterocycles. The smallest absolute Gasteiger partial charge is 0.434 e. The van der Waals surface area contributed by atoms with Gasteiger partial charge in [-0.05, 0) is 17.9 Å². The van der Waals surface area contributed by atoms with Crippen molar-refractivity contribution in [2.45, 2.75) is 64.7 Å². The molecule has 25 heavy (non-hydrogen) atoms. The van der Waals surface area contributed by atoms with Crippen LogP contribution in [0, 0.1) is 0 Å². The average molecular weight is 342 g/mol. The van der Waals surface area contributed by atoms with Crippen molar-refractivity contribution in [3.63, 3.8) is 0 Å². The van der Waals surface area contributed by atoms with E-state index in [1.165, 1.54) is 44.9 Å². The Bertz CT molecular complexity index is 631. The van der Waals surface area contributed by atoms with Gasteiger partial charge in [0.2, 0.25) is 0 Å². The highest BCUT2D eigenvalue weighted by atomic mass is 16.7. The Hall–Kier alpha value is -2.03. The Morgan fingerprint density at radius 3 is 2.20 bits per heavy atom. The zero-order chi connectivity index (χ0) is 17.7. The molecule has 0 heterocycles. The molecule has 136 valence electrons. The van der Waals surface area contributed by atoms with E-state index in [0.717, 1.165) is 23.6 Å². The van der Waals surface area contributed by atoms with Crippen LogP contribution in [0.15, 0.2) is 42.5 Å². The quantitative estimate of drug-likeness (QED) is 0.253. The van der Waals surface area contributed by atoms with Crippen LogP contribution < -0.4 is 4.74 Å². The number of hydrogen-bond acceptors (Lipinski definition) is 3. The van der Waals surface area contributed by atoms with Crippen LogP contribution in [0.3, 0.4) is 0 Å². The molecule has 0 unspecified atom stereocenters. The molecular weight excluding hydrogens is 312 g/mol. The van der Waals surface area contributed by atoms with E-state index in [1.807, 2.05) is 36.4 Å². The maximum atomic E-state index is 11.8. The fraction of sp³-hybridized carbons (Fsp3) is 0.500. The van der Waals surface area contributed by atoms with Crippen molar-refractivity contribution in [1.29, 1.82) is 0 Å². The van der Waals surface area contributed by atoms with Crippen LogP contribution in [-0.4, -0.2) is 12.8 Å². The first-order valence-electron chi connectivity index (χ1n) is 9.63. The lowest BCUT2D eigenvalue weighted by Gasteiger charge is -2.08. The number of benzene rings is 2. The molecule has 3 nitrogen and oxygen atoms in total. The summed E-state index contributed by atoms with van der Waals surface area (Å²) >= 11 is 0. The van der Waals surface area contributed by atoms with Crippen molar-refractivity contribution in [2.24, 2.45) is 0 Å². The van der Waals surface area contributed by atoms with Crippen LogP contribution in [0.2, 0.25) is 0 Å². The van der Waals surface area contributed by atoms with Gasteiger partial charge in [0.15, 0.2) is 0 Å². The highest BCUT2D eigenvalue weighted by Gasteiger charge is 2.08. The standard InChI is InChI=1S/C22H30O3/c1-2-3-4-5-6-7-8-9-12-18-24-22(23)25-21-17-13-15-19-14-10-11-16-20(19)21/h10-11,13-17H,2-9,12,18H2,1H3. The second-order valence-electron chi connectivity index (χ2n) is 6.51. The molecule has 0 amide bonds. The molecule has 0 fully saturated rings. The molecule has 0 radical (unpaired) electrons. The SMILES string of the molecule is CCCCCCCCCCCOC(=O)Oc1cccc2ccccc12. The second kappa shape index (κ2) is 11.5. The highest BCUT2D eigenvalue weighted by molar-refractivity contribution is 5.89. The van der Waals surface area contributed by atoms with Crippen molar-refractivity contribution >= 4 is 16.9 Å². The first kappa shape index (κ1) is 19.3. The lowest BCUT2D eigenvalue weighted by molar-refractivity contribution is 0.0978. The van der Waals surface area contributed by atoms with E-state index < -0.39 is 6.16 Å². The second-order valence-corrected chi connectivity index (χ2v) is 6.51. The molecule has 0 aromatic heterocycles. The van der Waals surface area contributed by atoms with E-state index in [2.05, 4.69) is 6.92 Å². The van der Waals surface area contributed by atoms with Crippen molar-refractivity contribution in [2.75, 3.05) is 6.61 Å². The van der Waals surface area contributed by atoms with Gasteiger partial charge in [-0.2, -0.15) is 0 Å².